The number of carbonyl (C=O) groups is 1. The fraction of sp³-hybridized carbons (Fsp3) is 0.455. The number of sulfonamides is 1. The van der Waals surface area contributed by atoms with Gasteiger partial charge in [-0.25, -0.2) is 13.4 Å². The number of rotatable bonds is 5. The number of thiophene rings is 1. The largest absolute Gasteiger partial charge is 0.495 e. The molecule has 11 heteroatoms. The van der Waals surface area contributed by atoms with Crippen LogP contribution in [0.5, 0.6) is 5.75 Å². The van der Waals surface area contributed by atoms with Crippen LogP contribution in [0, 0.1) is 5.41 Å². The highest BCUT2D eigenvalue weighted by Crippen LogP contribution is 2.42. The van der Waals surface area contributed by atoms with Crippen LogP contribution in [0.15, 0.2) is 34.6 Å². The van der Waals surface area contributed by atoms with Gasteiger partial charge in [-0.1, -0.05) is 12.1 Å². The van der Waals surface area contributed by atoms with Crippen molar-refractivity contribution in [1.82, 2.24) is 14.5 Å². The second-order valence-electron chi connectivity index (χ2n) is 8.94. The van der Waals surface area contributed by atoms with Crippen LogP contribution in [0.4, 0.5) is 16.4 Å². The molecule has 0 saturated carbocycles. The van der Waals surface area contributed by atoms with Gasteiger partial charge in [0.05, 0.1) is 35.7 Å². The van der Waals surface area contributed by atoms with Gasteiger partial charge in [0.25, 0.3) is 0 Å². The maximum Gasteiger partial charge on any atom is 0.240 e. The summed E-state index contributed by atoms with van der Waals surface area (Å²) in [5.41, 5.74) is 1.95. The summed E-state index contributed by atoms with van der Waals surface area (Å²) < 4.78 is 30.7. The molecule has 1 aromatic heterocycles. The molecule has 1 aromatic carbocycles. The van der Waals surface area contributed by atoms with Crippen LogP contribution in [0.1, 0.15) is 19.4 Å². The van der Waals surface area contributed by atoms with Crippen LogP contribution < -0.4 is 14.8 Å². The van der Waals surface area contributed by atoms with Crippen LogP contribution >= 0.6 is 11.3 Å². The predicted octanol–water partition coefficient (Wildman–Crippen LogP) is 2.61. The summed E-state index contributed by atoms with van der Waals surface area (Å²) in [6, 6.07) is 7.96. The number of para-hydroxylation sites is 2. The first-order valence-corrected chi connectivity index (χ1v) is 13.4. The van der Waals surface area contributed by atoms with Gasteiger partial charge in [-0.15, -0.1) is 11.3 Å². The lowest BCUT2D eigenvalue weighted by atomic mass is 9.91. The van der Waals surface area contributed by atoms with E-state index in [4.69, 9.17) is 9.73 Å². The van der Waals surface area contributed by atoms with Crippen LogP contribution in [-0.4, -0.2) is 76.0 Å². The zero-order valence-electron chi connectivity index (χ0n) is 19.2. The molecule has 1 saturated heterocycles. The van der Waals surface area contributed by atoms with E-state index in [1.165, 1.54) is 0 Å². The van der Waals surface area contributed by atoms with Crippen molar-refractivity contribution in [1.29, 1.82) is 0 Å². The Morgan fingerprint density at radius 1 is 1.24 bits per heavy atom. The van der Waals surface area contributed by atoms with Gasteiger partial charge < -0.3 is 15.0 Å². The third kappa shape index (κ3) is 5.15. The Balaban J connectivity index is 1.52. The topological polar surface area (TPSA) is 103 Å². The van der Waals surface area contributed by atoms with Gasteiger partial charge in [0.2, 0.25) is 15.9 Å². The second kappa shape index (κ2) is 8.96. The number of ether oxygens (including phenoxy) is 1. The molecular formula is C22H29N5O4S2. The van der Waals surface area contributed by atoms with E-state index >= 15 is 0 Å². The molecule has 0 spiro atoms. The Bertz CT molecular complexity index is 1180. The lowest BCUT2D eigenvalue weighted by Crippen LogP contribution is -2.53. The first-order chi connectivity index (χ1) is 15.6. The molecule has 2 aromatic rings. The summed E-state index contributed by atoms with van der Waals surface area (Å²) in [5.74, 6) is 1.17. The Labute approximate surface area is 198 Å². The van der Waals surface area contributed by atoms with E-state index in [-0.39, 0.29) is 0 Å². The second-order valence-corrected chi connectivity index (χ2v) is 11.6. The molecule has 0 bridgehead atoms. The third-order valence-electron chi connectivity index (χ3n) is 5.76. The summed E-state index contributed by atoms with van der Waals surface area (Å²) in [5, 5.41) is 6.47. The monoisotopic (exact) mass is 491 g/mol. The van der Waals surface area contributed by atoms with Crippen LogP contribution in [0.2, 0.25) is 0 Å². The molecule has 4 rings (SSSR count). The summed E-state index contributed by atoms with van der Waals surface area (Å²) in [6.07, 6.45) is 0.993. The van der Waals surface area contributed by atoms with E-state index in [1.807, 2.05) is 29.6 Å². The van der Waals surface area contributed by atoms with Gasteiger partial charge in [-0.2, -0.15) is 0 Å². The third-order valence-corrected chi connectivity index (χ3v) is 7.19. The van der Waals surface area contributed by atoms with Gasteiger partial charge in [-0.3, -0.25) is 14.4 Å². The Morgan fingerprint density at radius 2 is 1.94 bits per heavy atom. The highest BCUT2D eigenvalue weighted by Gasteiger charge is 2.34. The molecule has 0 radical (unpaired) electrons. The standard InChI is InChI=1S/C22H29N5O4S2/c1-22(2,21(28)25-33(4,29)30)14-26-9-11-27(12-10-26)19-18-17(31-3)13-32-20(18)24-16-8-6-5-7-15(16)23-19/h5-8,13,24H,9-12,14H2,1-4H3,(H,25,28). The van der Waals surface area contributed by atoms with Gasteiger partial charge in [0, 0.05) is 38.1 Å². The summed E-state index contributed by atoms with van der Waals surface area (Å²) in [4.78, 5) is 21.9. The number of benzene rings is 1. The van der Waals surface area contributed by atoms with E-state index in [0.29, 0.717) is 6.54 Å². The molecule has 2 N–H and O–H groups in total. The number of aliphatic imine (C=N–C) groups is 1. The maximum absolute atomic E-state index is 12.4. The number of nitrogens with one attached hydrogen (secondary N) is 2. The van der Waals surface area contributed by atoms with Gasteiger partial charge >= 0.3 is 0 Å². The SMILES string of the molecule is COc1csc2c1C(N1CCN(CC(C)(C)C(=O)NS(C)(=O)=O)CC1)=Nc1ccccc1N2. The normalized spacial score (nSPS) is 16.7. The van der Waals surface area contributed by atoms with Crippen molar-refractivity contribution in [2.75, 3.05) is 51.4 Å². The van der Waals surface area contributed by atoms with Crippen LogP contribution in [0.3, 0.4) is 0 Å². The average Bonchev–Trinajstić information content (AvgIpc) is 3.06. The Hall–Kier alpha value is -2.63. The molecule has 2 aliphatic rings. The highest BCUT2D eigenvalue weighted by atomic mass is 32.2. The number of amides is 1. The smallest absolute Gasteiger partial charge is 0.240 e. The molecule has 0 aliphatic carbocycles. The number of carbonyl (C=O) groups excluding carboxylic acids is 1. The van der Waals surface area contributed by atoms with Crippen molar-refractivity contribution < 1.29 is 17.9 Å². The van der Waals surface area contributed by atoms with Crippen molar-refractivity contribution in [2.45, 2.75) is 13.8 Å². The van der Waals surface area contributed by atoms with Crippen LogP contribution in [0.25, 0.3) is 0 Å². The minimum absolute atomic E-state index is 0.464. The van der Waals surface area contributed by atoms with Gasteiger partial charge in [0.15, 0.2) is 0 Å². The molecule has 2 aliphatic heterocycles. The van der Waals surface area contributed by atoms with E-state index in [9.17, 15) is 13.2 Å². The van der Waals surface area contributed by atoms with E-state index < -0.39 is 21.3 Å². The molecule has 33 heavy (non-hydrogen) atoms. The first-order valence-electron chi connectivity index (χ1n) is 10.7. The molecular weight excluding hydrogens is 462 g/mol. The Kier molecular flexibility index (Phi) is 6.39. The molecule has 0 atom stereocenters. The fourth-order valence-corrected chi connectivity index (χ4v) is 5.58. The minimum Gasteiger partial charge on any atom is -0.495 e. The van der Waals surface area contributed by atoms with Gasteiger partial charge in [-0.05, 0) is 26.0 Å². The molecule has 3 heterocycles. The van der Waals surface area contributed by atoms with Crippen molar-refractivity contribution in [3.05, 3.63) is 35.2 Å². The molecule has 1 amide bonds. The Morgan fingerprint density at radius 3 is 2.61 bits per heavy atom. The molecule has 9 nitrogen and oxygen atoms in total. The number of hydrogen-bond acceptors (Lipinski definition) is 9. The first kappa shape index (κ1) is 23.5. The average molecular weight is 492 g/mol. The minimum atomic E-state index is -3.59. The lowest BCUT2D eigenvalue weighted by molar-refractivity contribution is -0.128. The summed E-state index contributed by atoms with van der Waals surface area (Å²) in [6.45, 7) is 6.90. The van der Waals surface area contributed by atoms with Crippen molar-refractivity contribution >= 4 is 49.5 Å². The fourth-order valence-electron chi connectivity index (χ4n) is 4.05. The number of anilines is 2. The molecule has 0 unspecified atom stereocenters. The number of fused-ring (bicyclic) bond motifs is 2. The van der Waals surface area contributed by atoms with E-state index in [1.54, 1.807) is 32.3 Å². The molecule has 1 fully saturated rings. The number of nitrogens with zero attached hydrogens (tertiary/aromatic N) is 3. The zero-order chi connectivity index (χ0) is 23.8. The van der Waals surface area contributed by atoms with Gasteiger partial charge in [0.1, 0.15) is 16.6 Å². The number of hydrogen-bond donors (Lipinski definition) is 2. The summed E-state index contributed by atoms with van der Waals surface area (Å²) in [7, 11) is -1.92. The highest BCUT2D eigenvalue weighted by molar-refractivity contribution is 7.89. The van der Waals surface area contributed by atoms with Crippen LogP contribution in [-0.2, 0) is 14.8 Å². The molecule has 178 valence electrons. The zero-order valence-corrected chi connectivity index (χ0v) is 20.8. The van der Waals surface area contributed by atoms with E-state index in [0.717, 1.165) is 66.0 Å². The van der Waals surface area contributed by atoms with Crippen molar-refractivity contribution in [3.63, 3.8) is 0 Å². The van der Waals surface area contributed by atoms with E-state index in [2.05, 4.69) is 19.8 Å². The lowest BCUT2D eigenvalue weighted by Gasteiger charge is -2.39. The number of methoxy groups -OCH3 is 1. The number of amidine groups is 1. The van der Waals surface area contributed by atoms with Crippen molar-refractivity contribution in [3.8, 4) is 5.75 Å². The maximum atomic E-state index is 12.4. The number of piperazine rings is 1. The van der Waals surface area contributed by atoms with Crippen molar-refractivity contribution in [2.24, 2.45) is 10.4 Å². The quantitative estimate of drug-likeness (QED) is 0.663. The predicted molar refractivity (Wildman–Crippen MR) is 132 cm³/mol. The summed E-state index contributed by atoms with van der Waals surface area (Å²) >= 11 is 1.59.